The topological polar surface area (TPSA) is 84.7 Å². The quantitative estimate of drug-likeness (QED) is 0.507. The molecule has 0 aliphatic rings. The number of phenols is 1. The summed E-state index contributed by atoms with van der Waals surface area (Å²) in [6.07, 6.45) is 15.3. The first kappa shape index (κ1) is 21.9. The van der Waals surface area contributed by atoms with Crippen LogP contribution in [0.5, 0.6) is 5.75 Å². The van der Waals surface area contributed by atoms with Crippen LogP contribution in [-0.4, -0.2) is 24.1 Å². The Kier molecular flexibility index (Phi) is 7.30. The van der Waals surface area contributed by atoms with Gasteiger partial charge in [0.15, 0.2) is 24.8 Å². The van der Waals surface area contributed by atoms with Gasteiger partial charge in [-0.1, -0.05) is 24.3 Å². The SMILES string of the molecule is C[n+]1ccc(/C=C/c2cc(C(=O)NCC[NH3+])cc(/C=C/c3cc[n+](C)cc3)c2O)cc1. The lowest BCUT2D eigenvalue weighted by Gasteiger charge is -2.09. The fourth-order valence-electron chi connectivity index (χ4n) is 2.99. The summed E-state index contributed by atoms with van der Waals surface area (Å²) in [6, 6.07) is 11.3. The van der Waals surface area contributed by atoms with Crippen molar-refractivity contribution in [2.24, 2.45) is 14.1 Å². The largest absolute Gasteiger partial charge is 0.507 e. The molecule has 0 fully saturated rings. The van der Waals surface area contributed by atoms with Gasteiger partial charge in [-0.2, -0.15) is 0 Å². The molecule has 0 atom stereocenters. The third kappa shape index (κ3) is 6.10. The Bertz CT molecular complexity index is 1020. The Morgan fingerprint density at radius 2 is 1.35 bits per heavy atom. The minimum absolute atomic E-state index is 0.129. The zero-order valence-electron chi connectivity index (χ0n) is 18.0. The number of benzene rings is 1. The number of phenolic OH excluding ortho intramolecular Hbond substituents is 1. The number of hydrogen-bond acceptors (Lipinski definition) is 2. The molecule has 6 nitrogen and oxygen atoms in total. The van der Waals surface area contributed by atoms with Crippen molar-refractivity contribution in [1.29, 1.82) is 0 Å². The van der Waals surface area contributed by atoms with E-state index < -0.39 is 0 Å². The third-order valence-corrected chi connectivity index (χ3v) is 4.81. The molecule has 3 rings (SSSR count). The van der Waals surface area contributed by atoms with E-state index in [4.69, 9.17) is 0 Å². The van der Waals surface area contributed by atoms with E-state index in [2.05, 4.69) is 11.1 Å². The lowest BCUT2D eigenvalue weighted by Crippen LogP contribution is -2.54. The summed E-state index contributed by atoms with van der Waals surface area (Å²) in [4.78, 5) is 12.6. The van der Waals surface area contributed by atoms with Gasteiger partial charge in [0.25, 0.3) is 5.91 Å². The zero-order chi connectivity index (χ0) is 22.2. The number of aryl methyl sites for hydroxylation is 2. The molecule has 0 saturated heterocycles. The van der Waals surface area contributed by atoms with Crippen molar-refractivity contribution in [3.63, 3.8) is 0 Å². The van der Waals surface area contributed by atoms with Crippen LogP contribution >= 0.6 is 0 Å². The van der Waals surface area contributed by atoms with E-state index in [1.54, 1.807) is 12.1 Å². The number of aromatic nitrogens is 2. The molecule has 2 heterocycles. The Labute approximate surface area is 182 Å². The maximum Gasteiger partial charge on any atom is 0.251 e. The van der Waals surface area contributed by atoms with Crippen LogP contribution in [-0.2, 0) is 14.1 Å². The van der Waals surface area contributed by atoms with Gasteiger partial charge in [0, 0.05) is 41.0 Å². The summed E-state index contributed by atoms with van der Waals surface area (Å²) in [5.74, 6) is -0.0596. The van der Waals surface area contributed by atoms with Gasteiger partial charge in [-0.05, 0) is 23.3 Å². The zero-order valence-corrected chi connectivity index (χ0v) is 18.0. The average Bonchev–Trinajstić information content (AvgIpc) is 2.78. The summed E-state index contributed by atoms with van der Waals surface area (Å²) >= 11 is 0. The second kappa shape index (κ2) is 10.3. The second-order valence-electron chi connectivity index (χ2n) is 7.37. The summed E-state index contributed by atoms with van der Waals surface area (Å²) in [6.45, 7) is 1.11. The highest BCUT2D eigenvalue weighted by molar-refractivity contribution is 5.97. The number of nitrogens with one attached hydrogen (secondary N) is 1. The minimum atomic E-state index is -0.188. The normalized spacial score (nSPS) is 11.3. The van der Waals surface area contributed by atoms with Crippen LogP contribution in [0, 0.1) is 0 Å². The van der Waals surface area contributed by atoms with Crippen LogP contribution in [0.15, 0.2) is 61.2 Å². The van der Waals surface area contributed by atoms with Crippen molar-refractivity contribution in [2.75, 3.05) is 13.1 Å². The van der Waals surface area contributed by atoms with Gasteiger partial charge in [0.2, 0.25) is 0 Å². The highest BCUT2D eigenvalue weighted by atomic mass is 16.3. The van der Waals surface area contributed by atoms with Crippen LogP contribution in [0.3, 0.4) is 0 Å². The van der Waals surface area contributed by atoms with E-state index in [0.29, 0.717) is 29.8 Å². The monoisotopic (exact) mass is 417 g/mol. The predicted octanol–water partition coefficient (Wildman–Crippen LogP) is 1.35. The van der Waals surface area contributed by atoms with Crippen molar-refractivity contribution in [3.8, 4) is 5.75 Å². The fourth-order valence-corrected chi connectivity index (χ4v) is 2.99. The van der Waals surface area contributed by atoms with Crippen molar-refractivity contribution in [1.82, 2.24) is 5.32 Å². The van der Waals surface area contributed by atoms with Gasteiger partial charge in [0.1, 0.15) is 19.8 Å². The Morgan fingerprint density at radius 3 is 1.77 bits per heavy atom. The highest BCUT2D eigenvalue weighted by Crippen LogP contribution is 2.28. The van der Waals surface area contributed by atoms with E-state index in [1.165, 1.54) is 0 Å². The highest BCUT2D eigenvalue weighted by Gasteiger charge is 2.12. The lowest BCUT2D eigenvalue weighted by molar-refractivity contribution is -0.671. The molecule has 158 valence electrons. The molecule has 5 N–H and O–H groups in total. The Balaban J connectivity index is 1.97. The summed E-state index contributed by atoms with van der Waals surface area (Å²) in [7, 11) is 3.91. The fraction of sp³-hybridized carbons (Fsp3) is 0.160. The van der Waals surface area contributed by atoms with Gasteiger partial charge in [-0.15, -0.1) is 0 Å². The van der Waals surface area contributed by atoms with Crippen LogP contribution in [0.2, 0.25) is 0 Å². The number of carbonyl (C=O) groups excluding carboxylic acids is 1. The smallest absolute Gasteiger partial charge is 0.251 e. The summed E-state index contributed by atoms with van der Waals surface area (Å²) in [5.41, 5.74) is 7.40. The molecule has 6 heteroatoms. The first-order valence-electron chi connectivity index (χ1n) is 10.2. The number of quaternary nitrogens is 1. The average molecular weight is 418 g/mol. The van der Waals surface area contributed by atoms with E-state index in [9.17, 15) is 9.90 Å². The van der Waals surface area contributed by atoms with E-state index in [-0.39, 0.29) is 11.7 Å². The van der Waals surface area contributed by atoms with E-state index in [0.717, 1.165) is 11.1 Å². The van der Waals surface area contributed by atoms with Crippen LogP contribution in [0.1, 0.15) is 32.6 Å². The lowest BCUT2D eigenvalue weighted by atomic mass is 10.0. The molecule has 0 bridgehead atoms. The molecule has 0 radical (unpaired) electrons. The minimum Gasteiger partial charge on any atom is -0.507 e. The number of nitrogens with zero attached hydrogens (tertiary/aromatic N) is 2. The van der Waals surface area contributed by atoms with Gasteiger partial charge in [0.05, 0.1) is 13.1 Å². The molecule has 0 aliphatic heterocycles. The molecule has 0 aliphatic carbocycles. The molecule has 3 aromatic rings. The molecule has 31 heavy (non-hydrogen) atoms. The van der Waals surface area contributed by atoms with Crippen LogP contribution in [0.25, 0.3) is 24.3 Å². The molecule has 0 spiro atoms. The summed E-state index contributed by atoms with van der Waals surface area (Å²) in [5, 5.41) is 13.7. The first-order valence-corrected chi connectivity index (χ1v) is 10.2. The van der Waals surface area contributed by atoms with Crippen molar-refractivity contribution in [3.05, 3.63) is 89.0 Å². The summed E-state index contributed by atoms with van der Waals surface area (Å²) < 4.78 is 3.91. The molecule has 1 amide bonds. The Hall–Kier alpha value is -3.77. The van der Waals surface area contributed by atoms with Crippen LogP contribution in [0.4, 0.5) is 0 Å². The number of amides is 1. The van der Waals surface area contributed by atoms with Crippen molar-refractivity contribution >= 4 is 30.2 Å². The molecule has 1 aromatic carbocycles. The Morgan fingerprint density at radius 1 is 0.903 bits per heavy atom. The first-order chi connectivity index (χ1) is 15.0. The molecule has 0 saturated carbocycles. The maximum absolute atomic E-state index is 12.6. The van der Waals surface area contributed by atoms with Crippen LogP contribution < -0.4 is 20.2 Å². The maximum atomic E-state index is 12.6. The van der Waals surface area contributed by atoms with Gasteiger partial charge in [-0.3, -0.25) is 4.79 Å². The number of hydrogen-bond donors (Lipinski definition) is 3. The number of pyridine rings is 2. The van der Waals surface area contributed by atoms with Gasteiger partial charge in [-0.25, -0.2) is 9.13 Å². The second-order valence-corrected chi connectivity index (χ2v) is 7.37. The van der Waals surface area contributed by atoms with E-state index in [1.807, 2.05) is 96.6 Å². The molecule has 2 aromatic heterocycles. The molecular formula is C25H29N4O2+3. The van der Waals surface area contributed by atoms with Crippen molar-refractivity contribution < 1.29 is 24.8 Å². The molecular weight excluding hydrogens is 388 g/mol. The van der Waals surface area contributed by atoms with E-state index >= 15 is 0 Å². The standard InChI is InChI=1S/C25H26N4O2/c1-28-13-7-19(8-14-28)3-5-21-17-23(25(31)27-12-11-26)18-22(24(21)30)6-4-20-9-15-29(2)16-10-20/h3-10,13-18H,11-12,26H2,1-2H3/p+3. The van der Waals surface area contributed by atoms with Gasteiger partial charge >= 0.3 is 0 Å². The third-order valence-electron chi connectivity index (χ3n) is 4.81. The van der Waals surface area contributed by atoms with Crippen molar-refractivity contribution in [2.45, 2.75) is 0 Å². The number of aromatic hydroxyl groups is 1. The predicted molar refractivity (Wildman–Crippen MR) is 121 cm³/mol. The molecule has 0 unspecified atom stereocenters. The number of carbonyl (C=O) groups is 1. The number of rotatable bonds is 7. The van der Waals surface area contributed by atoms with Gasteiger partial charge < -0.3 is 16.2 Å².